The Balaban J connectivity index is -0.0000000800. The van der Waals surface area contributed by atoms with E-state index in [4.69, 9.17) is 19.2 Å². The molecule has 0 fully saturated rings. The first-order valence-electron chi connectivity index (χ1n) is 0.783. The molecule has 7 heteroatoms. The van der Waals surface area contributed by atoms with E-state index in [1.54, 1.807) is 0 Å². The molecule has 0 saturated carbocycles. The van der Waals surface area contributed by atoms with Gasteiger partial charge in [0.15, 0.2) is 0 Å². The van der Waals surface area contributed by atoms with E-state index in [9.17, 15) is 0 Å². The maximum absolute atomic E-state index is 8.88. The molecule has 4 nitrogen and oxygen atoms in total. The third-order valence-electron chi connectivity index (χ3n) is 0. The SMILES string of the molecule is O=P(O)(O)O.[Ni].[Ni]. The van der Waals surface area contributed by atoms with Crippen LogP contribution in [0, 0.1) is 0 Å². The van der Waals surface area contributed by atoms with Gasteiger partial charge in [-0.3, -0.25) is 0 Å². The Morgan fingerprint density at radius 3 is 1.00 bits per heavy atom. The van der Waals surface area contributed by atoms with E-state index in [-0.39, 0.29) is 33.0 Å². The molecular weight excluding hydrogens is 212 g/mol. The van der Waals surface area contributed by atoms with E-state index >= 15 is 0 Å². The van der Waals surface area contributed by atoms with Crippen LogP contribution in [0.2, 0.25) is 0 Å². The average Bonchev–Trinajstić information content (AvgIpc) is 0.722. The smallest absolute Gasteiger partial charge is 0.303 e. The molecule has 0 saturated heterocycles. The van der Waals surface area contributed by atoms with Crippen molar-refractivity contribution in [2.75, 3.05) is 0 Å². The minimum absolute atomic E-state index is 0. The molecule has 0 aliphatic rings. The van der Waals surface area contributed by atoms with Crippen molar-refractivity contribution in [2.45, 2.75) is 0 Å². The van der Waals surface area contributed by atoms with Crippen molar-refractivity contribution in [2.24, 2.45) is 0 Å². The van der Waals surface area contributed by atoms with E-state index in [0.717, 1.165) is 0 Å². The van der Waals surface area contributed by atoms with Crippen molar-refractivity contribution in [3.05, 3.63) is 0 Å². The predicted molar refractivity (Wildman–Crippen MR) is 14.3 cm³/mol. The van der Waals surface area contributed by atoms with Gasteiger partial charge in [-0.25, -0.2) is 4.57 Å². The zero-order chi connectivity index (χ0) is 4.50. The standard InChI is InChI=1S/2Ni.H3O4P/c;;1-5(2,3)4/h;;(H3,1,2,3,4). The summed E-state index contributed by atoms with van der Waals surface area (Å²) in [4.78, 5) is 21.6. The first kappa shape index (κ1) is 15.7. The average molecular weight is 215 g/mol. The van der Waals surface area contributed by atoms with Crippen LogP contribution in [-0.2, 0) is 37.5 Å². The van der Waals surface area contributed by atoms with Gasteiger partial charge in [-0.15, -0.1) is 0 Å². The van der Waals surface area contributed by atoms with Crippen LogP contribution in [0.1, 0.15) is 0 Å². The molecule has 0 bridgehead atoms. The Bertz CT molecular complexity index is 55.8. The normalized spacial score (nSPS) is 8.43. The molecule has 0 aromatic rings. The van der Waals surface area contributed by atoms with Gasteiger partial charge >= 0.3 is 7.82 Å². The van der Waals surface area contributed by atoms with Crippen molar-refractivity contribution < 1.29 is 52.2 Å². The largest absolute Gasteiger partial charge is 0.466 e. The van der Waals surface area contributed by atoms with Gasteiger partial charge in [0.2, 0.25) is 0 Å². The Morgan fingerprint density at radius 2 is 1.00 bits per heavy atom. The molecular formula is H3Ni2O4P. The van der Waals surface area contributed by atoms with E-state index in [1.165, 1.54) is 0 Å². The summed E-state index contributed by atoms with van der Waals surface area (Å²) in [5.41, 5.74) is 0. The van der Waals surface area contributed by atoms with Crippen LogP contribution in [0.25, 0.3) is 0 Å². The summed E-state index contributed by atoms with van der Waals surface area (Å²) in [6, 6.07) is 0. The molecule has 0 spiro atoms. The van der Waals surface area contributed by atoms with Gasteiger partial charge in [0.1, 0.15) is 0 Å². The summed E-state index contributed by atoms with van der Waals surface area (Å²) in [5, 5.41) is 0. The summed E-state index contributed by atoms with van der Waals surface area (Å²) in [6.45, 7) is 0. The van der Waals surface area contributed by atoms with Crippen molar-refractivity contribution in [3.8, 4) is 0 Å². The van der Waals surface area contributed by atoms with Gasteiger partial charge < -0.3 is 14.7 Å². The minimum atomic E-state index is -4.64. The first-order valence-corrected chi connectivity index (χ1v) is 2.35. The first-order chi connectivity index (χ1) is 2.00. The van der Waals surface area contributed by atoms with Gasteiger partial charge in [-0.2, -0.15) is 0 Å². The molecule has 0 aromatic heterocycles. The van der Waals surface area contributed by atoms with Crippen molar-refractivity contribution in [1.29, 1.82) is 0 Å². The monoisotopic (exact) mass is 214 g/mol. The zero-order valence-corrected chi connectivity index (χ0v) is 5.70. The number of rotatable bonds is 0. The quantitative estimate of drug-likeness (QED) is 0.360. The second kappa shape index (κ2) is 5.24. The summed E-state index contributed by atoms with van der Waals surface area (Å²) >= 11 is 0. The van der Waals surface area contributed by atoms with Crippen molar-refractivity contribution in [3.63, 3.8) is 0 Å². The maximum atomic E-state index is 8.88. The molecule has 7 heavy (non-hydrogen) atoms. The number of phosphoric acid groups is 1. The molecule has 52 valence electrons. The molecule has 0 aliphatic heterocycles. The molecule has 0 rings (SSSR count). The second-order valence-electron chi connectivity index (χ2n) is 0.513. The molecule has 0 amide bonds. The van der Waals surface area contributed by atoms with Crippen LogP contribution in [0.3, 0.4) is 0 Å². The fourth-order valence-corrected chi connectivity index (χ4v) is 0. The van der Waals surface area contributed by atoms with Crippen LogP contribution in [0.4, 0.5) is 0 Å². The molecule has 0 aromatic carbocycles. The van der Waals surface area contributed by atoms with Gasteiger partial charge in [0.05, 0.1) is 0 Å². The van der Waals surface area contributed by atoms with Crippen LogP contribution >= 0.6 is 7.82 Å². The van der Waals surface area contributed by atoms with Crippen LogP contribution < -0.4 is 0 Å². The summed E-state index contributed by atoms with van der Waals surface area (Å²) < 4.78 is 8.88. The van der Waals surface area contributed by atoms with Crippen molar-refractivity contribution in [1.82, 2.24) is 0 Å². The molecule has 0 atom stereocenters. The van der Waals surface area contributed by atoms with Gasteiger partial charge in [0, 0.05) is 33.0 Å². The maximum Gasteiger partial charge on any atom is 0.466 e. The summed E-state index contributed by atoms with van der Waals surface area (Å²) in [7, 11) is -4.64. The van der Waals surface area contributed by atoms with Crippen LogP contribution in [-0.4, -0.2) is 14.7 Å². The Kier molecular flexibility index (Phi) is 11.7. The predicted octanol–water partition coefficient (Wildman–Crippen LogP) is -0.934. The summed E-state index contributed by atoms with van der Waals surface area (Å²) in [5.74, 6) is 0. The fourth-order valence-electron chi connectivity index (χ4n) is 0. The molecule has 0 unspecified atom stereocenters. The van der Waals surface area contributed by atoms with Crippen LogP contribution in [0.5, 0.6) is 0 Å². The Labute approximate surface area is 60.4 Å². The van der Waals surface area contributed by atoms with Gasteiger partial charge in [-0.1, -0.05) is 0 Å². The van der Waals surface area contributed by atoms with E-state index in [1.807, 2.05) is 0 Å². The molecule has 0 radical (unpaired) electrons. The summed E-state index contributed by atoms with van der Waals surface area (Å²) in [6.07, 6.45) is 0. The van der Waals surface area contributed by atoms with Crippen LogP contribution in [0.15, 0.2) is 0 Å². The molecule has 3 N–H and O–H groups in total. The van der Waals surface area contributed by atoms with Gasteiger partial charge in [0.25, 0.3) is 0 Å². The van der Waals surface area contributed by atoms with Gasteiger partial charge in [-0.05, 0) is 0 Å². The molecule has 0 aliphatic carbocycles. The third-order valence-corrected chi connectivity index (χ3v) is 0. The Morgan fingerprint density at radius 1 is 1.00 bits per heavy atom. The minimum Gasteiger partial charge on any atom is -0.303 e. The zero-order valence-electron chi connectivity index (χ0n) is 2.83. The van der Waals surface area contributed by atoms with E-state index in [2.05, 4.69) is 0 Å². The van der Waals surface area contributed by atoms with E-state index in [0.29, 0.717) is 0 Å². The second-order valence-corrected chi connectivity index (χ2v) is 1.54. The number of hydrogen-bond donors (Lipinski definition) is 3. The number of hydrogen-bond acceptors (Lipinski definition) is 1. The fraction of sp³-hybridized carbons (Fsp3) is 0. The third kappa shape index (κ3) is 153. The Hall–Kier alpha value is 1.10. The topological polar surface area (TPSA) is 77.8 Å². The molecule has 0 heterocycles. The van der Waals surface area contributed by atoms with E-state index < -0.39 is 7.82 Å². The van der Waals surface area contributed by atoms with Crippen molar-refractivity contribution >= 4 is 7.82 Å².